The lowest BCUT2D eigenvalue weighted by molar-refractivity contribution is -0.134. The van der Waals surface area contributed by atoms with Crippen molar-refractivity contribution >= 4 is 39.4 Å². The molecule has 0 radical (unpaired) electrons. The molecule has 0 spiro atoms. The Morgan fingerprint density at radius 3 is 2.37 bits per heavy atom. The lowest BCUT2D eigenvalue weighted by Crippen LogP contribution is -2.55. The van der Waals surface area contributed by atoms with E-state index in [0.29, 0.717) is 49.4 Å². The van der Waals surface area contributed by atoms with Crippen molar-refractivity contribution in [2.45, 2.75) is 63.9 Å². The first-order valence-electron chi connectivity index (χ1n) is 20.1. The average Bonchev–Trinajstić information content (AvgIpc) is 3.20. The van der Waals surface area contributed by atoms with Crippen molar-refractivity contribution in [1.29, 1.82) is 0 Å². The lowest BCUT2D eigenvalue weighted by Gasteiger charge is -2.43. The van der Waals surface area contributed by atoms with E-state index in [0.717, 1.165) is 48.3 Å². The van der Waals surface area contributed by atoms with Crippen LogP contribution in [0.1, 0.15) is 50.7 Å². The van der Waals surface area contributed by atoms with Gasteiger partial charge in [-0.3, -0.25) is 8.98 Å². The summed E-state index contributed by atoms with van der Waals surface area (Å²) in [6.45, 7) is 8.94. The van der Waals surface area contributed by atoms with E-state index >= 15 is 0 Å². The molecule has 3 atom stereocenters. The molecule has 1 fully saturated rings. The number of fused-ring (bicyclic) bond motifs is 1. The number of piperidine rings is 1. The van der Waals surface area contributed by atoms with Gasteiger partial charge in [0, 0.05) is 39.1 Å². The molecule has 2 aliphatic rings. The van der Waals surface area contributed by atoms with Crippen LogP contribution >= 0.6 is 11.6 Å². The second-order valence-electron chi connectivity index (χ2n) is 15.5. The maximum absolute atomic E-state index is 13.6. The number of hydrogen-bond donors (Lipinski definition) is 1. The molecular weight excluding hydrogens is 818 g/mol. The number of anilines is 1. The maximum Gasteiger partial charge on any atom is 0.410 e. The highest BCUT2D eigenvalue weighted by atomic mass is 35.5. The fourth-order valence-electron chi connectivity index (χ4n) is 6.83. The summed E-state index contributed by atoms with van der Waals surface area (Å²) >= 11 is 6.20. The van der Waals surface area contributed by atoms with Gasteiger partial charge in [-0.2, -0.15) is 8.42 Å². The Bertz CT molecular complexity index is 1950. The first kappa shape index (κ1) is 46.7. The van der Waals surface area contributed by atoms with Gasteiger partial charge in [-0.15, -0.1) is 0 Å². The minimum Gasteiger partial charge on any atom is -0.493 e. The molecule has 0 saturated carbocycles. The summed E-state index contributed by atoms with van der Waals surface area (Å²) in [7, 11) is -1.97. The average molecular weight is 876 g/mol. The van der Waals surface area contributed by atoms with Gasteiger partial charge in [0.2, 0.25) is 5.91 Å². The summed E-state index contributed by atoms with van der Waals surface area (Å²) in [5, 5.41) is 3.17. The van der Waals surface area contributed by atoms with Gasteiger partial charge in [0.1, 0.15) is 36.1 Å². The molecule has 5 rings (SSSR count). The first-order valence-corrected chi connectivity index (χ1v) is 22.3. The van der Waals surface area contributed by atoms with E-state index in [2.05, 4.69) is 16.3 Å². The Morgan fingerprint density at radius 1 is 0.917 bits per heavy atom. The van der Waals surface area contributed by atoms with Crippen LogP contribution in [0.25, 0.3) is 0 Å². The number of benzene rings is 3. The molecule has 1 saturated heterocycles. The number of likely N-dealkylation sites (tertiary alicyclic amines) is 1. The van der Waals surface area contributed by atoms with E-state index in [1.165, 1.54) is 0 Å². The highest BCUT2D eigenvalue weighted by Crippen LogP contribution is 2.37. The van der Waals surface area contributed by atoms with Gasteiger partial charge in [-0.1, -0.05) is 41.9 Å². The Morgan fingerprint density at radius 2 is 1.65 bits per heavy atom. The number of halogens is 1. The number of nitrogens with zero attached hydrogens (tertiary/aromatic N) is 2. The van der Waals surface area contributed by atoms with Crippen LogP contribution in [0.3, 0.4) is 0 Å². The molecule has 0 unspecified atom stereocenters. The number of rotatable bonds is 21. The third-order valence-electron chi connectivity index (χ3n) is 9.54. The zero-order chi connectivity index (χ0) is 43.1. The molecular formula is C43H58ClN3O12S. The number of carbonyl (C=O) groups excluding carboxylic acids is 2. The smallest absolute Gasteiger partial charge is 0.410 e. The van der Waals surface area contributed by atoms with Crippen LogP contribution in [0.2, 0.25) is 5.02 Å². The van der Waals surface area contributed by atoms with Crippen molar-refractivity contribution in [2.24, 2.45) is 0 Å². The van der Waals surface area contributed by atoms with Gasteiger partial charge in [0.05, 0.1) is 75.2 Å². The Hall–Kier alpha value is -4.32. The van der Waals surface area contributed by atoms with Crippen molar-refractivity contribution in [3.8, 4) is 17.2 Å². The molecule has 2 amide bonds. The summed E-state index contributed by atoms with van der Waals surface area (Å²) < 4.78 is 69.4. The third-order valence-corrected chi connectivity index (χ3v) is 10.5. The summed E-state index contributed by atoms with van der Waals surface area (Å²) in [4.78, 5) is 30.4. The SMILES string of the molecule is COCCCN1CCOc2ccc(CO[C@H]3CN(C(=O)OC(C)(C)C)C[C@@H](OCC(=O)NCCOS(C)(=O)=O)[C@@H]3c3ccc(OCCCOc4ccccc4Cl)cc3)cc21. The number of amides is 2. The molecule has 15 nitrogen and oxygen atoms in total. The molecule has 1 N–H and O–H groups in total. The molecule has 330 valence electrons. The topological polar surface area (TPSA) is 161 Å². The van der Waals surface area contributed by atoms with Crippen LogP contribution in [0, 0.1) is 0 Å². The van der Waals surface area contributed by atoms with Gasteiger partial charge >= 0.3 is 6.09 Å². The van der Waals surface area contributed by atoms with E-state index in [1.54, 1.807) is 38.8 Å². The van der Waals surface area contributed by atoms with Gasteiger partial charge < -0.3 is 48.3 Å². The number of nitrogens with one attached hydrogen (secondary N) is 1. The standard InChI is InChI=1S/C43H58ClN3O12S/c1-43(2,3)59-42(49)47-27-38(56-29-31-12-17-37-35(26-31)46(20-25-55-37)19-8-21-52-4)41(39(28-47)57-30-40(48)45-18-24-58-60(5,50)51)32-13-15-33(16-14-32)53-22-9-23-54-36-11-7-6-10-34(36)44/h6-7,10-17,26,38-39,41H,8-9,18-25,27-30H2,1-5H3,(H,45,48)/t38-,39+,41+/m0/s1. The number of methoxy groups -OCH3 is 1. The summed E-state index contributed by atoms with van der Waals surface area (Å²) in [6, 6.07) is 20.9. The van der Waals surface area contributed by atoms with Crippen LogP contribution in [-0.2, 0) is 44.7 Å². The second kappa shape index (κ2) is 22.5. The van der Waals surface area contributed by atoms with Crippen molar-refractivity contribution in [3.05, 3.63) is 82.9 Å². The summed E-state index contributed by atoms with van der Waals surface area (Å²) in [6.07, 6.45) is 0.593. The Balaban J connectivity index is 1.34. The summed E-state index contributed by atoms with van der Waals surface area (Å²) in [5.74, 6) is 1.16. The van der Waals surface area contributed by atoms with E-state index in [1.807, 2.05) is 54.6 Å². The molecule has 3 aromatic rings. The third kappa shape index (κ3) is 15.0. The van der Waals surface area contributed by atoms with Crippen LogP contribution in [0.5, 0.6) is 17.2 Å². The molecule has 0 aliphatic carbocycles. The molecule has 0 aromatic heterocycles. The second-order valence-corrected chi connectivity index (χ2v) is 17.6. The summed E-state index contributed by atoms with van der Waals surface area (Å²) in [5.41, 5.74) is 1.99. The van der Waals surface area contributed by atoms with Crippen LogP contribution in [-0.4, -0.2) is 129 Å². The van der Waals surface area contributed by atoms with E-state index in [-0.39, 0.29) is 39.5 Å². The van der Waals surface area contributed by atoms with Crippen molar-refractivity contribution in [1.82, 2.24) is 10.2 Å². The monoisotopic (exact) mass is 875 g/mol. The van der Waals surface area contributed by atoms with E-state index in [9.17, 15) is 18.0 Å². The van der Waals surface area contributed by atoms with Crippen LogP contribution in [0.4, 0.5) is 10.5 Å². The van der Waals surface area contributed by atoms with E-state index < -0.39 is 45.8 Å². The molecule has 0 bridgehead atoms. The Labute approximate surface area is 358 Å². The molecule has 17 heteroatoms. The predicted octanol–water partition coefficient (Wildman–Crippen LogP) is 5.82. The van der Waals surface area contributed by atoms with Gasteiger partial charge in [-0.05, 0) is 74.7 Å². The highest BCUT2D eigenvalue weighted by molar-refractivity contribution is 7.85. The van der Waals surface area contributed by atoms with Crippen molar-refractivity contribution < 1.29 is 55.3 Å². The minimum atomic E-state index is -3.66. The van der Waals surface area contributed by atoms with Crippen molar-refractivity contribution in [2.75, 3.05) is 90.6 Å². The highest BCUT2D eigenvalue weighted by Gasteiger charge is 2.42. The zero-order valence-corrected chi connectivity index (χ0v) is 36.6. The maximum atomic E-state index is 13.6. The van der Waals surface area contributed by atoms with Crippen molar-refractivity contribution in [3.63, 3.8) is 0 Å². The molecule has 2 heterocycles. The molecule has 60 heavy (non-hydrogen) atoms. The first-order chi connectivity index (χ1) is 28.7. The normalized spacial score (nSPS) is 18.0. The number of para-hydroxylation sites is 1. The van der Waals surface area contributed by atoms with Gasteiger partial charge in [-0.25, -0.2) is 4.79 Å². The Kier molecular flexibility index (Phi) is 17.5. The van der Waals surface area contributed by atoms with Gasteiger partial charge in [0.15, 0.2) is 0 Å². The lowest BCUT2D eigenvalue weighted by atomic mass is 9.84. The number of hydrogen-bond acceptors (Lipinski definition) is 13. The van der Waals surface area contributed by atoms with Crippen LogP contribution < -0.4 is 24.4 Å². The molecule has 3 aromatic carbocycles. The zero-order valence-electron chi connectivity index (χ0n) is 35.1. The van der Waals surface area contributed by atoms with Gasteiger partial charge in [0.25, 0.3) is 10.1 Å². The largest absolute Gasteiger partial charge is 0.493 e. The fraction of sp³-hybridized carbons (Fsp3) is 0.535. The number of ether oxygens (including phenoxy) is 7. The molecule has 2 aliphatic heterocycles. The predicted molar refractivity (Wildman–Crippen MR) is 227 cm³/mol. The fourth-order valence-corrected chi connectivity index (χ4v) is 7.41. The number of carbonyl (C=O) groups is 2. The quantitative estimate of drug-likeness (QED) is 0.101. The minimum absolute atomic E-state index is 0.0393. The van der Waals surface area contributed by atoms with Crippen LogP contribution in [0.15, 0.2) is 66.7 Å². The van der Waals surface area contributed by atoms with E-state index in [4.69, 9.17) is 48.9 Å².